The number of aliphatic imine (C=N–C) groups is 1. The number of nitrogens with zero attached hydrogens (tertiary/aromatic N) is 1. The van der Waals surface area contributed by atoms with Gasteiger partial charge in [0.25, 0.3) is 5.91 Å². The van der Waals surface area contributed by atoms with Gasteiger partial charge in [0.15, 0.2) is 0 Å². The lowest BCUT2D eigenvalue weighted by molar-refractivity contribution is -0.124. The average Bonchev–Trinajstić information content (AvgIpc) is 2.44. The number of hydrogen-bond donors (Lipinski definition) is 1. The number of fused-ring (bicyclic) bond motifs is 1. The van der Waals surface area contributed by atoms with Crippen LogP contribution in [0.25, 0.3) is 0 Å². The van der Waals surface area contributed by atoms with Gasteiger partial charge in [-0.25, -0.2) is 4.99 Å². The van der Waals surface area contributed by atoms with E-state index in [2.05, 4.69) is 31.1 Å². The Labute approximate surface area is 142 Å². The molecule has 0 saturated carbocycles. The van der Waals surface area contributed by atoms with E-state index in [9.17, 15) is 9.59 Å². The van der Waals surface area contributed by atoms with Crippen molar-refractivity contribution in [3.05, 3.63) is 35.6 Å². The Kier molecular flexibility index (Phi) is 4.67. The summed E-state index contributed by atoms with van der Waals surface area (Å²) in [6, 6.07) is 0. The summed E-state index contributed by atoms with van der Waals surface area (Å²) < 4.78 is 0. The molecule has 1 aliphatic heterocycles. The maximum absolute atomic E-state index is 12.2. The molecule has 0 aromatic rings. The second kappa shape index (κ2) is 6.08. The standard InChI is InChI=1S/C18H23ClN2O2/c1-17(2,3)13-9-15(22)21-14-8-11(6-7-12(13)14)20-16(23)18(4,5)10-19/h6-9,12H,10H2,1-5H3,(H,21,22). The smallest absolute Gasteiger partial charge is 0.253 e. The minimum absolute atomic E-state index is 0.0165. The molecule has 1 heterocycles. The molecule has 0 aromatic heterocycles. The highest BCUT2D eigenvalue weighted by Gasteiger charge is 2.33. The topological polar surface area (TPSA) is 58.5 Å². The highest BCUT2D eigenvalue weighted by Crippen LogP contribution is 2.38. The van der Waals surface area contributed by atoms with Crippen LogP contribution in [0.1, 0.15) is 34.6 Å². The van der Waals surface area contributed by atoms with Crippen LogP contribution in [0.15, 0.2) is 40.6 Å². The van der Waals surface area contributed by atoms with Crippen LogP contribution in [0.5, 0.6) is 0 Å². The summed E-state index contributed by atoms with van der Waals surface area (Å²) in [6.45, 7) is 9.77. The van der Waals surface area contributed by atoms with Crippen LogP contribution in [-0.2, 0) is 9.59 Å². The predicted octanol–water partition coefficient (Wildman–Crippen LogP) is 3.39. The third-order valence-electron chi connectivity index (χ3n) is 4.00. The second-order valence-electron chi connectivity index (χ2n) is 7.63. The van der Waals surface area contributed by atoms with Crippen molar-refractivity contribution < 1.29 is 9.59 Å². The van der Waals surface area contributed by atoms with Crippen molar-refractivity contribution in [3.8, 4) is 0 Å². The van der Waals surface area contributed by atoms with Crippen LogP contribution in [0.4, 0.5) is 0 Å². The number of halogens is 1. The molecule has 0 fully saturated rings. The lowest BCUT2D eigenvalue weighted by Gasteiger charge is -2.34. The van der Waals surface area contributed by atoms with E-state index in [4.69, 9.17) is 11.6 Å². The number of allylic oxidation sites excluding steroid dienone is 3. The number of rotatable bonds is 2. The summed E-state index contributed by atoms with van der Waals surface area (Å²) in [6.07, 6.45) is 7.23. The molecular formula is C18H23ClN2O2. The summed E-state index contributed by atoms with van der Waals surface area (Å²) in [4.78, 5) is 28.3. The van der Waals surface area contributed by atoms with Crippen molar-refractivity contribution in [3.63, 3.8) is 0 Å². The predicted molar refractivity (Wildman–Crippen MR) is 93.3 cm³/mol. The van der Waals surface area contributed by atoms with Gasteiger partial charge in [-0.1, -0.05) is 26.8 Å². The highest BCUT2D eigenvalue weighted by molar-refractivity contribution is 6.20. The first-order valence-corrected chi connectivity index (χ1v) is 8.20. The fourth-order valence-electron chi connectivity index (χ4n) is 2.47. The fraction of sp³-hybridized carbons (Fsp3) is 0.500. The minimum Gasteiger partial charge on any atom is -0.325 e. The molecular weight excluding hydrogens is 312 g/mol. The normalized spacial score (nSPS) is 23.1. The molecule has 0 bridgehead atoms. The zero-order valence-electron chi connectivity index (χ0n) is 14.2. The highest BCUT2D eigenvalue weighted by atomic mass is 35.5. The van der Waals surface area contributed by atoms with Gasteiger partial charge >= 0.3 is 0 Å². The molecule has 2 amide bonds. The van der Waals surface area contributed by atoms with E-state index in [1.807, 2.05) is 12.2 Å². The van der Waals surface area contributed by atoms with Crippen LogP contribution in [-0.4, -0.2) is 23.4 Å². The molecule has 2 aliphatic rings. The molecule has 1 aliphatic carbocycles. The van der Waals surface area contributed by atoms with Gasteiger partial charge in [-0.05, 0) is 37.0 Å². The second-order valence-corrected chi connectivity index (χ2v) is 7.90. The number of nitrogens with one attached hydrogen (secondary N) is 1. The third-order valence-corrected chi connectivity index (χ3v) is 4.66. The Morgan fingerprint density at radius 2 is 1.91 bits per heavy atom. The van der Waals surface area contributed by atoms with E-state index in [1.165, 1.54) is 0 Å². The van der Waals surface area contributed by atoms with Crippen LogP contribution < -0.4 is 5.32 Å². The Hall–Kier alpha value is -1.68. The summed E-state index contributed by atoms with van der Waals surface area (Å²) in [7, 11) is 0. The first-order valence-electron chi connectivity index (χ1n) is 7.66. The van der Waals surface area contributed by atoms with Gasteiger partial charge in [-0.3, -0.25) is 9.59 Å². The first kappa shape index (κ1) is 17.7. The van der Waals surface area contributed by atoms with Gasteiger partial charge < -0.3 is 5.32 Å². The van der Waals surface area contributed by atoms with Crippen LogP contribution in [0.3, 0.4) is 0 Å². The number of carbonyl (C=O) groups excluding carboxylic acids is 2. The molecule has 124 valence electrons. The van der Waals surface area contributed by atoms with Gasteiger partial charge in [0.05, 0.1) is 11.1 Å². The molecule has 23 heavy (non-hydrogen) atoms. The summed E-state index contributed by atoms with van der Waals surface area (Å²) in [5.41, 5.74) is 1.53. The lowest BCUT2D eigenvalue weighted by atomic mass is 9.74. The van der Waals surface area contributed by atoms with E-state index < -0.39 is 5.41 Å². The molecule has 0 spiro atoms. The van der Waals surface area contributed by atoms with Crippen molar-refractivity contribution >= 4 is 29.1 Å². The zero-order chi connectivity index (χ0) is 17.4. The Morgan fingerprint density at radius 1 is 1.26 bits per heavy atom. The van der Waals surface area contributed by atoms with Crippen molar-refractivity contribution in [1.29, 1.82) is 0 Å². The zero-order valence-corrected chi connectivity index (χ0v) is 15.0. The molecule has 1 N–H and O–H groups in total. The number of hydrogen-bond acceptors (Lipinski definition) is 2. The van der Waals surface area contributed by atoms with E-state index >= 15 is 0 Å². The van der Waals surface area contributed by atoms with Crippen LogP contribution in [0.2, 0.25) is 0 Å². The lowest BCUT2D eigenvalue weighted by Crippen LogP contribution is -2.36. The first-order chi connectivity index (χ1) is 10.5. The fourth-order valence-corrected chi connectivity index (χ4v) is 2.58. The number of carbonyl (C=O) groups is 2. The number of alkyl halides is 1. The van der Waals surface area contributed by atoms with Crippen LogP contribution >= 0.6 is 11.6 Å². The Bertz CT molecular complexity index is 661. The molecule has 4 nitrogen and oxygen atoms in total. The molecule has 1 unspecified atom stereocenters. The maximum Gasteiger partial charge on any atom is 0.253 e. The molecule has 0 aromatic carbocycles. The van der Waals surface area contributed by atoms with E-state index in [0.29, 0.717) is 5.71 Å². The van der Waals surface area contributed by atoms with Crippen molar-refractivity contribution in [2.75, 3.05) is 5.88 Å². The van der Waals surface area contributed by atoms with Gasteiger partial charge in [-0.2, -0.15) is 0 Å². The van der Waals surface area contributed by atoms with E-state index in [-0.39, 0.29) is 29.0 Å². The largest absolute Gasteiger partial charge is 0.325 e. The Balaban J connectivity index is 2.34. The Morgan fingerprint density at radius 3 is 2.48 bits per heavy atom. The maximum atomic E-state index is 12.2. The monoisotopic (exact) mass is 334 g/mol. The van der Waals surface area contributed by atoms with Crippen molar-refractivity contribution in [2.24, 2.45) is 21.7 Å². The van der Waals surface area contributed by atoms with Crippen LogP contribution in [0, 0.1) is 16.7 Å². The molecule has 0 saturated heterocycles. The average molecular weight is 335 g/mol. The van der Waals surface area contributed by atoms with Gasteiger partial charge in [-0.15, -0.1) is 11.6 Å². The summed E-state index contributed by atoms with van der Waals surface area (Å²) >= 11 is 5.82. The van der Waals surface area contributed by atoms with E-state index in [1.54, 1.807) is 26.0 Å². The summed E-state index contributed by atoms with van der Waals surface area (Å²) in [5, 5.41) is 2.85. The number of amides is 2. The third kappa shape index (κ3) is 3.81. The van der Waals surface area contributed by atoms with Gasteiger partial charge in [0.2, 0.25) is 5.91 Å². The van der Waals surface area contributed by atoms with Crippen molar-refractivity contribution in [1.82, 2.24) is 5.32 Å². The molecule has 5 heteroatoms. The van der Waals surface area contributed by atoms with E-state index in [0.717, 1.165) is 11.3 Å². The molecule has 0 radical (unpaired) electrons. The molecule has 1 atom stereocenters. The SMILES string of the molecule is CC(C)(C)C1=CC(=O)NC2=CC(=NC(=O)C(C)(C)CCl)C=CC21. The quantitative estimate of drug-likeness (QED) is 0.787. The minimum atomic E-state index is -0.704. The van der Waals surface area contributed by atoms with Gasteiger partial charge in [0, 0.05) is 23.6 Å². The summed E-state index contributed by atoms with van der Waals surface area (Å²) in [5.74, 6) is -0.183. The van der Waals surface area contributed by atoms with Gasteiger partial charge in [0.1, 0.15) is 0 Å². The van der Waals surface area contributed by atoms with Crippen molar-refractivity contribution in [2.45, 2.75) is 34.6 Å². The molecule has 2 rings (SSSR count).